The Balaban J connectivity index is 2.01. The molecule has 0 spiro atoms. The van der Waals surface area contributed by atoms with Gasteiger partial charge in [0.2, 0.25) is 0 Å². The van der Waals surface area contributed by atoms with Crippen LogP contribution in [0.15, 0.2) is 28.9 Å². The largest absolute Gasteiger partial charge is 0.441 e. The fraction of sp³-hybridized carbons (Fsp3) is 0.214. The Morgan fingerprint density at radius 2 is 2.00 bits per heavy atom. The van der Waals surface area contributed by atoms with E-state index in [1.165, 1.54) is 6.33 Å². The third-order valence-electron chi connectivity index (χ3n) is 2.92. The minimum Gasteiger partial charge on any atom is -0.441 e. The molecule has 0 N–H and O–H groups in total. The molecule has 3 rings (SSSR count). The SMILES string of the molecule is Cc1nc2cc(Cc3cc(Cl)ncn3)cc(C)c2o1. The van der Waals surface area contributed by atoms with Crippen molar-refractivity contribution in [3.63, 3.8) is 0 Å². The van der Waals surface area contributed by atoms with E-state index >= 15 is 0 Å². The lowest BCUT2D eigenvalue weighted by molar-refractivity contribution is 0.559. The van der Waals surface area contributed by atoms with Crippen molar-refractivity contribution in [1.29, 1.82) is 0 Å². The van der Waals surface area contributed by atoms with Gasteiger partial charge < -0.3 is 4.42 Å². The second-order valence-electron chi connectivity index (χ2n) is 4.50. The minimum absolute atomic E-state index is 0.458. The van der Waals surface area contributed by atoms with Crippen molar-refractivity contribution in [2.75, 3.05) is 0 Å². The maximum absolute atomic E-state index is 5.86. The van der Waals surface area contributed by atoms with Crippen molar-refractivity contribution >= 4 is 22.7 Å². The van der Waals surface area contributed by atoms with Gasteiger partial charge in [-0.25, -0.2) is 15.0 Å². The molecule has 0 aliphatic carbocycles. The van der Waals surface area contributed by atoms with Gasteiger partial charge in [-0.05, 0) is 30.2 Å². The number of nitrogens with zero attached hydrogens (tertiary/aromatic N) is 3. The van der Waals surface area contributed by atoms with E-state index in [0.717, 1.165) is 27.9 Å². The van der Waals surface area contributed by atoms with Gasteiger partial charge in [-0.2, -0.15) is 0 Å². The average Bonchev–Trinajstić information content (AvgIpc) is 2.70. The Morgan fingerprint density at radius 3 is 2.79 bits per heavy atom. The minimum atomic E-state index is 0.458. The van der Waals surface area contributed by atoms with Crippen molar-refractivity contribution in [2.45, 2.75) is 20.3 Å². The molecule has 0 fully saturated rings. The first-order valence-electron chi connectivity index (χ1n) is 5.95. The molecule has 0 bridgehead atoms. The number of hydrogen-bond donors (Lipinski definition) is 0. The zero-order valence-corrected chi connectivity index (χ0v) is 11.4. The van der Waals surface area contributed by atoms with Gasteiger partial charge in [0, 0.05) is 19.0 Å². The lowest BCUT2D eigenvalue weighted by atomic mass is 10.1. The number of benzene rings is 1. The van der Waals surface area contributed by atoms with E-state index in [1.54, 1.807) is 6.07 Å². The molecule has 0 saturated heterocycles. The molecule has 5 heteroatoms. The summed E-state index contributed by atoms with van der Waals surface area (Å²) in [5.74, 6) is 0.681. The molecule has 3 aromatic rings. The monoisotopic (exact) mass is 273 g/mol. The van der Waals surface area contributed by atoms with E-state index in [0.29, 0.717) is 17.5 Å². The third-order valence-corrected chi connectivity index (χ3v) is 3.12. The van der Waals surface area contributed by atoms with Crippen LogP contribution < -0.4 is 0 Å². The van der Waals surface area contributed by atoms with Crippen molar-refractivity contribution in [1.82, 2.24) is 15.0 Å². The van der Waals surface area contributed by atoms with Gasteiger partial charge in [-0.3, -0.25) is 0 Å². The van der Waals surface area contributed by atoms with Crippen LogP contribution in [0.2, 0.25) is 5.15 Å². The molecule has 0 aliphatic rings. The highest BCUT2D eigenvalue weighted by atomic mass is 35.5. The highest BCUT2D eigenvalue weighted by molar-refractivity contribution is 6.29. The number of oxazole rings is 1. The topological polar surface area (TPSA) is 51.8 Å². The number of rotatable bonds is 2. The van der Waals surface area contributed by atoms with Crippen LogP contribution >= 0.6 is 11.6 Å². The van der Waals surface area contributed by atoms with E-state index in [2.05, 4.69) is 21.0 Å². The number of fused-ring (bicyclic) bond motifs is 1. The Kier molecular flexibility index (Phi) is 2.95. The van der Waals surface area contributed by atoms with Crippen LogP contribution in [0.4, 0.5) is 0 Å². The maximum atomic E-state index is 5.86. The molecule has 4 nitrogen and oxygen atoms in total. The summed E-state index contributed by atoms with van der Waals surface area (Å²) in [5.41, 5.74) is 4.83. The van der Waals surface area contributed by atoms with Gasteiger partial charge in [-0.1, -0.05) is 17.7 Å². The average molecular weight is 274 g/mol. The smallest absolute Gasteiger partial charge is 0.192 e. The van der Waals surface area contributed by atoms with Crippen LogP contribution in [0.3, 0.4) is 0 Å². The zero-order valence-electron chi connectivity index (χ0n) is 10.6. The lowest BCUT2D eigenvalue weighted by Crippen LogP contribution is -1.94. The molecule has 0 radical (unpaired) electrons. The molecule has 2 aromatic heterocycles. The highest BCUT2D eigenvalue weighted by Crippen LogP contribution is 2.22. The number of halogens is 1. The summed E-state index contributed by atoms with van der Waals surface area (Å²) >= 11 is 5.86. The molecule has 1 aromatic carbocycles. The van der Waals surface area contributed by atoms with Crippen LogP contribution in [-0.4, -0.2) is 15.0 Å². The molecule has 2 heterocycles. The summed E-state index contributed by atoms with van der Waals surface area (Å²) in [5, 5.41) is 0.458. The second-order valence-corrected chi connectivity index (χ2v) is 4.89. The summed E-state index contributed by atoms with van der Waals surface area (Å²) in [6.45, 7) is 3.87. The molecule has 0 atom stereocenters. The molecule has 0 saturated carbocycles. The predicted molar refractivity (Wildman–Crippen MR) is 73.3 cm³/mol. The van der Waals surface area contributed by atoms with Gasteiger partial charge in [0.1, 0.15) is 17.0 Å². The van der Waals surface area contributed by atoms with Gasteiger partial charge in [0.25, 0.3) is 0 Å². The molecule has 0 unspecified atom stereocenters. The first-order chi connectivity index (χ1) is 9.11. The maximum Gasteiger partial charge on any atom is 0.192 e. The van der Waals surface area contributed by atoms with Crippen LogP contribution in [-0.2, 0) is 6.42 Å². The zero-order chi connectivity index (χ0) is 13.4. The Hall–Kier alpha value is -1.94. The van der Waals surface area contributed by atoms with Crippen LogP contribution in [0, 0.1) is 13.8 Å². The Bertz CT molecular complexity index is 752. The third kappa shape index (κ3) is 2.44. The molecular weight excluding hydrogens is 262 g/mol. The summed E-state index contributed by atoms with van der Waals surface area (Å²) < 4.78 is 5.57. The van der Waals surface area contributed by atoms with E-state index < -0.39 is 0 Å². The van der Waals surface area contributed by atoms with Crippen LogP contribution in [0.1, 0.15) is 22.7 Å². The fourth-order valence-corrected chi connectivity index (χ4v) is 2.33. The van der Waals surface area contributed by atoms with E-state index in [1.807, 2.05) is 19.9 Å². The quantitative estimate of drug-likeness (QED) is 0.671. The first kappa shape index (κ1) is 12.1. The van der Waals surface area contributed by atoms with Gasteiger partial charge in [0.15, 0.2) is 11.5 Å². The van der Waals surface area contributed by atoms with E-state index in [9.17, 15) is 0 Å². The summed E-state index contributed by atoms with van der Waals surface area (Å²) in [4.78, 5) is 12.5. The Morgan fingerprint density at radius 1 is 1.16 bits per heavy atom. The molecule has 0 amide bonds. The van der Waals surface area contributed by atoms with Crippen molar-refractivity contribution in [2.24, 2.45) is 0 Å². The normalized spacial score (nSPS) is 11.1. The number of aryl methyl sites for hydroxylation is 2. The standard InChI is InChI=1S/C14H12ClN3O/c1-8-3-10(4-11-6-13(15)17-7-16-11)5-12-14(8)19-9(2)18-12/h3,5-7H,4H2,1-2H3. The van der Waals surface area contributed by atoms with Crippen LogP contribution in [0.25, 0.3) is 11.1 Å². The molecule has 19 heavy (non-hydrogen) atoms. The van der Waals surface area contributed by atoms with Gasteiger partial charge in [0.05, 0.1) is 0 Å². The highest BCUT2D eigenvalue weighted by Gasteiger charge is 2.08. The molecular formula is C14H12ClN3O. The van der Waals surface area contributed by atoms with Gasteiger partial charge >= 0.3 is 0 Å². The second kappa shape index (κ2) is 4.63. The lowest BCUT2D eigenvalue weighted by Gasteiger charge is -2.03. The first-order valence-corrected chi connectivity index (χ1v) is 6.33. The van der Waals surface area contributed by atoms with Crippen LogP contribution in [0.5, 0.6) is 0 Å². The fourth-order valence-electron chi connectivity index (χ4n) is 2.16. The molecule has 96 valence electrons. The molecule has 0 aliphatic heterocycles. The van der Waals surface area contributed by atoms with E-state index in [4.69, 9.17) is 16.0 Å². The Labute approximate surface area is 115 Å². The number of aromatic nitrogens is 3. The van der Waals surface area contributed by atoms with Crippen molar-refractivity contribution < 1.29 is 4.42 Å². The summed E-state index contributed by atoms with van der Waals surface area (Å²) in [6.07, 6.45) is 2.17. The van der Waals surface area contributed by atoms with Crippen molar-refractivity contribution in [3.8, 4) is 0 Å². The number of hydrogen-bond acceptors (Lipinski definition) is 4. The van der Waals surface area contributed by atoms with E-state index in [-0.39, 0.29) is 0 Å². The predicted octanol–water partition coefficient (Wildman–Crippen LogP) is 3.48. The summed E-state index contributed by atoms with van der Waals surface area (Å²) in [7, 11) is 0. The van der Waals surface area contributed by atoms with Crippen molar-refractivity contribution in [3.05, 3.63) is 52.4 Å². The summed E-state index contributed by atoms with van der Waals surface area (Å²) in [6, 6.07) is 5.88. The van der Waals surface area contributed by atoms with Gasteiger partial charge in [-0.15, -0.1) is 0 Å².